The van der Waals surface area contributed by atoms with Crippen LogP contribution < -0.4 is 9.47 Å². The summed E-state index contributed by atoms with van der Waals surface area (Å²) in [4.78, 5) is 0. The van der Waals surface area contributed by atoms with E-state index in [1.54, 1.807) is 14.2 Å². The second-order valence-corrected chi connectivity index (χ2v) is 4.75. The Kier molecular flexibility index (Phi) is 3.57. The molecule has 1 aromatic rings. The van der Waals surface area contributed by atoms with Crippen molar-refractivity contribution in [3.05, 3.63) is 23.8 Å². The van der Waals surface area contributed by atoms with Gasteiger partial charge in [-0.15, -0.1) is 0 Å². The molecule has 0 bridgehead atoms. The average molecular weight is 236 g/mol. The monoisotopic (exact) mass is 236 g/mol. The van der Waals surface area contributed by atoms with Gasteiger partial charge in [0.05, 0.1) is 20.3 Å². The number of rotatable bonds is 5. The van der Waals surface area contributed by atoms with Crippen molar-refractivity contribution < 1.29 is 14.6 Å². The first-order valence-corrected chi connectivity index (χ1v) is 6.07. The Morgan fingerprint density at radius 3 is 2.47 bits per heavy atom. The van der Waals surface area contributed by atoms with Crippen molar-refractivity contribution in [3.8, 4) is 11.5 Å². The summed E-state index contributed by atoms with van der Waals surface area (Å²) in [7, 11) is 3.25. The van der Waals surface area contributed by atoms with E-state index in [4.69, 9.17) is 9.47 Å². The maximum Gasteiger partial charge on any atom is 0.124 e. The fourth-order valence-electron chi connectivity index (χ4n) is 2.23. The molecular formula is C14H20O3. The lowest BCUT2D eigenvalue weighted by molar-refractivity contribution is 0.103. The van der Waals surface area contributed by atoms with E-state index in [9.17, 15) is 5.11 Å². The van der Waals surface area contributed by atoms with E-state index < -0.39 is 6.10 Å². The Balaban J connectivity index is 2.27. The van der Waals surface area contributed by atoms with Crippen LogP contribution in [0.4, 0.5) is 0 Å². The molecule has 0 aromatic heterocycles. The molecule has 1 aliphatic carbocycles. The van der Waals surface area contributed by atoms with E-state index >= 15 is 0 Å². The van der Waals surface area contributed by atoms with Crippen molar-refractivity contribution in [2.75, 3.05) is 14.2 Å². The molecule has 0 spiro atoms. The molecule has 1 N–H and O–H groups in total. The van der Waals surface area contributed by atoms with Gasteiger partial charge in [0, 0.05) is 5.56 Å². The largest absolute Gasteiger partial charge is 0.497 e. The standard InChI is InChI=1S/C14H20O3/c1-9(10-4-5-10)14(15)12-8-11(16-2)6-7-13(12)17-3/h6-10,14-15H,4-5H2,1-3H3. The van der Waals surface area contributed by atoms with E-state index in [0.717, 1.165) is 17.1 Å². The molecule has 0 heterocycles. The predicted octanol–water partition coefficient (Wildman–Crippen LogP) is 2.78. The minimum absolute atomic E-state index is 0.274. The van der Waals surface area contributed by atoms with Crippen LogP contribution in [0.25, 0.3) is 0 Å². The molecule has 17 heavy (non-hydrogen) atoms. The second kappa shape index (κ2) is 4.96. The lowest BCUT2D eigenvalue weighted by Crippen LogP contribution is -2.12. The first-order chi connectivity index (χ1) is 8.17. The molecule has 1 aromatic carbocycles. The zero-order chi connectivity index (χ0) is 12.4. The van der Waals surface area contributed by atoms with Crippen molar-refractivity contribution in [1.29, 1.82) is 0 Å². The van der Waals surface area contributed by atoms with Crippen LogP contribution in [-0.2, 0) is 0 Å². The van der Waals surface area contributed by atoms with E-state index in [2.05, 4.69) is 6.92 Å². The summed E-state index contributed by atoms with van der Waals surface area (Å²) < 4.78 is 10.5. The van der Waals surface area contributed by atoms with Crippen molar-refractivity contribution in [1.82, 2.24) is 0 Å². The molecule has 94 valence electrons. The number of aliphatic hydroxyl groups excluding tert-OH is 1. The lowest BCUT2D eigenvalue weighted by Gasteiger charge is -2.21. The van der Waals surface area contributed by atoms with Gasteiger partial charge in [-0.1, -0.05) is 6.92 Å². The lowest BCUT2D eigenvalue weighted by atomic mass is 9.92. The van der Waals surface area contributed by atoms with Crippen LogP contribution in [0, 0.1) is 11.8 Å². The molecule has 0 radical (unpaired) electrons. The van der Waals surface area contributed by atoms with Gasteiger partial charge in [-0.2, -0.15) is 0 Å². The van der Waals surface area contributed by atoms with Crippen LogP contribution in [0.5, 0.6) is 11.5 Å². The third-order valence-electron chi connectivity index (χ3n) is 3.62. The molecule has 2 atom stereocenters. The van der Waals surface area contributed by atoms with Crippen LogP contribution in [-0.4, -0.2) is 19.3 Å². The van der Waals surface area contributed by atoms with Crippen LogP contribution in [0.15, 0.2) is 18.2 Å². The molecule has 2 unspecified atom stereocenters. The Bertz CT molecular complexity index is 385. The van der Waals surface area contributed by atoms with E-state index in [1.165, 1.54) is 12.8 Å². The first kappa shape index (κ1) is 12.2. The molecule has 2 rings (SSSR count). The van der Waals surface area contributed by atoms with Gasteiger partial charge < -0.3 is 14.6 Å². The highest BCUT2D eigenvalue weighted by molar-refractivity contribution is 5.42. The molecule has 0 amide bonds. The van der Waals surface area contributed by atoms with Crippen molar-refractivity contribution in [2.24, 2.45) is 11.8 Å². The van der Waals surface area contributed by atoms with Gasteiger partial charge in [0.1, 0.15) is 11.5 Å². The average Bonchev–Trinajstić information content (AvgIpc) is 3.20. The third-order valence-corrected chi connectivity index (χ3v) is 3.62. The number of benzene rings is 1. The normalized spacial score (nSPS) is 18.6. The minimum atomic E-state index is -0.479. The predicted molar refractivity (Wildman–Crippen MR) is 66.4 cm³/mol. The summed E-state index contributed by atoms with van der Waals surface area (Å²) in [6, 6.07) is 5.55. The summed E-state index contributed by atoms with van der Waals surface area (Å²) in [6.45, 7) is 2.10. The van der Waals surface area contributed by atoms with Crippen molar-refractivity contribution in [2.45, 2.75) is 25.9 Å². The Hall–Kier alpha value is -1.22. The van der Waals surface area contributed by atoms with Gasteiger partial charge >= 0.3 is 0 Å². The maximum atomic E-state index is 10.4. The zero-order valence-corrected chi connectivity index (χ0v) is 10.6. The number of ether oxygens (including phenoxy) is 2. The number of hydrogen-bond donors (Lipinski definition) is 1. The fourth-order valence-corrected chi connectivity index (χ4v) is 2.23. The Morgan fingerprint density at radius 2 is 1.94 bits per heavy atom. The summed E-state index contributed by atoms with van der Waals surface area (Å²) >= 11 is 0. The van der Waals surface area contributed by atoms with Crippen LogP contribution in [0.1, 0.15) is 31.4 Å². The van der Waals surface area contributed by atoms with Gasteiger partial charge in [-0.05, 0) is 42.9 Å². The van der Waals surface area contributed by atoms with Crippen LogP contribution in [0.2, 0.25) is 0 Å². The van der Waals surface area contributed by atoms with Gasteiger partial charge in [0.25, 0.3) is 0 Å². The van der Waals surface area contributed by atoms with Gasteiger partial charge in [0.15, 0.2) is 0 Å². The SMILES string of the molecule is COc1ccc(OC)c(C(O)C(C)C2CC2)c1. The van der Waals surface area contributed by atoms with Gasteiger partial charge in [-0.3, -0.25) is 0 Å². The highest BCUT2D eigenvalue weighted by Crippen LogP contribution is 2.44. The second-order valence-electron chi connectivity index (χ2n) is 4.75. The zero-order valence-electron chi connectivity index (χ0n) is 10.6. The Morgan fingerprint density at radius 1 is 1.24 bits per heavy atom. The molecule has 1 aliphatic rings. The molecule has 3 heteroatoms. The molecule has 0 saturated heterocycles. The topological polar surface area (TPSA) is 38.7 Å². The van der Waals surface area contributed by atoms with Gasteiger partial charge in [0.2, 0.25) is 0 Å². The van der Waals surface area contributed by atoms with Crippen LogP contribution >= 0.6 is 0 Å². The van der Waals surface area contributed by atoms with Crippen molar-refractivity contribution in [3.63, 3.8) is 0 Å². The molecular weight excluding hydrogens is 216 g/mol. The summed E-state index contributed by atoms with van der Waals surface area (Å²) in [6.07, 6.45) is 1.97. The number of aliphatic hydroxyl groups is 1. The smallest absolute Gasteiger partial charge is 0.124 e. The summed E-state index contributed by atoms with van der Waals surface area (Å²) in [5, 5.41) is 10.4. The Labute approximate surface area is 102 Å². The number of hydrogen-bond acceptors (Lipinski definition) is 3. The number of methoxy groups -OCH3 is 2. The van der Waals surface area contributed by atoms with Crippen LogP contribution in [0.3, 0.4) is 0 Å². The highest BCUT2D eigenvalue weighted by atomic mass is 16.5. The van der Waals surface area contributed by atoms with E-state index in [0.29, 0.717) is 5.92 Å². The molecule has 0 aliphatic heterocycles. The first-order valence-electron chi connectivity index (χ1n) is 6.07. The molecule has 1 fully saturated rings. The molecule has 3 nitrogen and oxygen atoms in total. The molecule has 1 saturated carbocycles. The third kappa shape index (κ3) is 2.55. The van der Waals surface area contributed by atoms with Gasteiger partial charge in [-0.25, -0.2) is 0 Å². The quantitative estimate of drug-likeness (QED) is 0.854. The maximum absolute atomic E-state index is 10.4. The summed E-state index contributed by atoms with van der Waals surface area (Å²) in [5.41, 5.74) is 0.825. The minimum Gasteiger partial charge on any atom is -0.497 e. The fraction of sp³-hybridized carbons (Fsp3) is 0.571. The summed E-state index contributed by atoms with van der Waals surface area (Å²) in [5.74, 6) is 2.41. The van der Waals surface area contributed by atoms with Crippen molar-refractivity contribution >= 4 is 0 Å². The highest BCUT2D eigenvalue weighted by Gasteiger charge is 2.34. The van der Waals surface area contributed by atoms with E-state index in [1.807, 2.05) is 18.2 Å². The van der Waals surface area contributed by atoms with E-state index in [-0.39, 0.29) is 5.92 Å².